The van der Waals surface area contributed by atoms with Gasteiger partial charge in [0.1, 0.15) is 0 Å². The van der Waals surface area contributed by atoms with Gasteiger partial charge in [0.15, 0.2) is 11.8 Å². The van der Waals surface area contributed by atoms with Gasteiger partial charge in [0.05, 0.1) is 25.4 Å². The summed E-state index contributed by atoms with van der Waals surface area (Å²) in [6.45, 7) is 13.4. The molecule has 0 saturated heterocycles. The first-order valence-corrected chi connectivity index (χ1v) is 12.4. The number of esters is 2. The lowest BCUT2D eigenvalue weighted by Crippen LogP contribution is -2.31. The number of carbonyl (C=O) groups is 2. The summed E-state index contributed by atoms with van der Waals surface area (Å²) in [5.41, 5.74) is 2.76. The lowest BCUT2D eigenvalue weighted by molar-refractivity contribution is -0.145. The standard InChI is InChI=1S/C28H38N4O4/c1-7-35-25(33)23(17-29)19-11-21(15-27(3,4)13-19)31-9-10-32-22-12-20(14-28(5,6)16-22)24(18-30)26(34)36-8-2/h11-12,15-16,23-24,31-32H,7-10,13-14H2,1-6H3. The Morgan fingerprint density at radius 3 is 1.50 bits per heavy atom. The first kappa shape index (κ1) is 28.7. The van der Waals surface area contributed by atoms with Crippen LogP contribution in [0.4, 0.5) is 0 Å². The summed E-state index contributed by atoms with van der Waals surface area (Å²) in [6, 6.07) is 4.17. The van der Waals surface area contributed by atoms with E-state index in [4.69, 9.17) is 9.47 Å². The van der Waals surface area contributed by atoms with Crippen molar-refractivity contribution >= 4 is 11.9 Å². The second-order valence-corrected chi connectivity index (χ2v) is 10.5. The first-order valence-electron chi connectivity index (χ1n) is 12.4. The van der Waals surface area contributed by atoms with Gasteiger partial charge in [0.2, 0.25) is 0 Å². The van der Waals surface area contributed by atoms with Gasteiger partial charge in [-0.2, -0.15) is 10.5 Å². The van der Waals surface area contributed by atoms with Crippen molar-refractivity contribution < 1.29 is 19.1 Å². The smallest absolute Gasteiger partial charge is 0.327 e. The van der Waals surface area contributed by atoms with Crippen LogP contribution < -0.4 is 10.6 Å². The Kier molecular flexibility index (Phi) is 9.93. The first-order chi connectivity index (χ1) is 16.9. The summed E-state index contributed by atoms with van der Waals surface area (Å²) in [5, 5.41) is 25.9. The normalized spacial score (nSPS) is 19.6. The third-order valence-electron chi connectivity index (χ3n) is 5.92. The van der Waals surface area contributed by atoms with Crippen LogP contribution in [0.3, 0.4) is 0 Å². The third-order valence-corrected chi connectivity index (χ3v) is 5.92. The van der Waals surface area contributed by atoms with Crippen molar-refractivity contribution in [2.75, 3.05) is 26.3 Å². The lowest BCUT2D eigenvalue weighted by Gasteiger charge is -2.30. The quantitative estimate of drug-likeness (QED) is 0.326. The monoisotopic (exact) mass is 494 g/mol. The molecule has 2 aliphatic carbocycles. The van der Waals surface area contributed by atoms with Crippen molar-refractivity contribution in [1.82, 2.24) is 10.6 Å². The Labute approximate surface area is 214 Å². The van der Waals surface area contributed by atoms with Crippen LogP contribution in [0, 0.1) is 45.3 Å². The lowest BCUT2D eigenvalue weighted by atomic mass is 9.77. The highest BCUT2D eigenvalue weighted by Gasteiger charge is 2.32. The molecule has 2 unspecified atom stereocenters. The number of nitriles is 2. The van der Waals surface area contributed by atoms with Crippen molar-refractivity contribution in [1.29, 1.82) is 10.5 Å². The van der Waals surface area contributed by atoms with Crippen molar-refractivity contribution in [2.45, 2.75) is 54.4 Å². The maximum Gasteiger partial charge on any atom is 0.327 e. The molecular weight excluding hydrogens is 456 g/mol. The molecule has 2 atom stereocenters. The SMILES string of the molecule is CCOC(=O)C(C#N)C1=CC(NCCNC2=CC(C)(C)CC(C(C#N)C(=O)OCC)=C2)=CC(C)(C)C1. The fourth-order valence-corrected chi connectivity index (χ4v) is 4.59. The van der Waals surface area contributed by atoms with Crippen LogP contribution in [0.1, 0.15) is 54.4 Å². The molecule has 2 aliphatic rings. The van der Waals surface area contributed by atoms with Gasteiger partial charge in [-0.1, -0.05) is 39.8 Å². The largest absolute Gasteiger partial charge is 0.465 e. The molecule has 0 radical (unpaired) electrons. The van der Waals surface area contributed by atoms with Crippen LogP contribution in [-0.2, 0) is 19.1 Å². The molecule has 0 amide bonds. The zero-order valence-electron chi connectivity index (χ0n) is 22.2. The van der Waals surface area contributed by atoms with Crippen molar-refractivity contribution in [3.05, 3.63) is 46.8 Å². The number of nitrogens with one attached hydrogen (secondary N) is 2. The van der Waals surface area contributed by atoms with Crippen molar-refractivity contribution in [3.8, 4) is 12.1 Å². The molecule has 8 heteroatoms. The average molecular weight is 495 g/mol. The minimum absolute atomic E-state index is 0.214. The molecule has 0 saturated carbocycles. The van der Waals surface area contributed by atoms with E-state index >= 15 is 0 Å². The highest BCUT2D eigenvalue weighted by atomic mass is 16.5. The number of rotatable bonds is 11. The maximum absolute atomic E-state index is 12.3. The van der Waals surface area contributed by atoms with E-state index in [9.17, 15) is 20.1 Å². The predicted octanol–water partition coefficient (Wildman–Crippen LogP) is 4.05. The Morgan fingerprint density at radius 1 is 0.833 bits per heavy atom. The van der Waals surface area contributed by atoms with Crippen LogP contribution in [0.15, 0.2) is 46.8 Å². The van der Waals surface area contributed by atoms with E-state index in [1.165, 1.54) is 0 Å². The molecular formula is C28H38N4O4. The molecule has 36 heavy (non-hydrogen) atoms. The van der Waals surface area contributed by atoms with Gasteiger partial charge in [-0.3, -0.25) is 9.59 Å². The van der Waals surface area contributed by atoms with E-state index in [0.29, 0.717) is 25.9 Å². The van der Waals surface area contributed by atoms with E-state index < -0.39 is 23.8 Å². The van der Waals surface area contributed by atoms with Crippen LogP contribution in [-0.4, -0.2) is 38.2 Å². The summed E-state index contributed by atoms with van der Waals surface area (Å²) in [4.78, 5) is 24.5. The van der Waals surface area contributed by atoms with E-state index in [2.05, 4.69) is 62.6 Å². The van der Waals surface area contributed by atoms with Crippen molar-refractivity contribution in [3.63, 3.8) is 0 Å². The van der Waals surface area contributed by atoms with Crippen LogP contribution in [0.25, 0.3) is 0 Å². The summed E-state index contributed by atoms with van der Waals surface area (Å²) >= 11 is 0. The number of carbonyl (C=O) groups excluding carboxylic acids is 2. The van der Waals surface area contributed by atoms with Gasteiger partial charge >= 0.3 is 11.9 Å². The van der Waals surface area contributed by atoms with Crippen LogP contribution in [0.5, 0.6) is 0 Å². The molecule has 0 spiro atoms. The molecule has 0 heterocycles. The summed E-state index contributed by atoms with van der Waals surface area (Å²) in [5.74, 6) is -2.87. The van der Waals surface area contributed by atoms with Crippen molar-refractivity contribution in [2.24, 2.45) is 22.7 Å². The molecule has 2 N–H and O–H groups in total. The topological polar surface area (TPSA) is 124 Å². The van der Waals surface area contributed by atoms with Crippen LogP contribution >= 0.6 is 0 Å². The minimum atomic E-state index is -0.918. The molecule has 0 bridgehead atoms. The molecule has 0 fully saturated rings. The Bertz CT molecular complexity index is 966. The predicted molar refractivity (Wildman–Crippen MR) is 137 cm³/mol. The molecule has 8 nitrogen and oxygen atoms in total. The second-order valence-electron chi connectivity index (χ2n) is 10.5. The van der Waals surface area contributed by atoms with E-state index in [1.807, 2.05) is 12.2 Å². The fraction of sp³-hybridized carbons (Fsp3) is 0.571. The number of hydrogen-bond acceptors (Lipinski definition) is 8. The molecule has 0 aromatic heterocycles. The number of ether oxygens (including phenoxy) is 2. The number of allylic oxidation sites excluding steroid dienone is 4. The minimum Gasteiger partial charge on any atom is -0.465 e. The van der Waals surface area contributed by atoms with E-state index in [-0.39, 0.29) is 24.0 Å². The van der Waals surface area contributed by atoms with E-state index in [1.54, 1.807) is 13.8 Å². The zero-order chi connectivity index (χ0) is 26.9. The summed E-state index contributed by atoms with van der Waals surface area (Å²) in [6.07, 6.45) is 9.15. The highest BCUT2D eigenvalue weighted by Crippen LogP contribution is 2.37. The zero-order valence-corrected chi connectivity index (χ0v) is 22.2. The summed E-state index contributed by atoms with van der Waals surface area (Å²) < 4.78 is 10.2. The van der Waals surface area contributed by atoms with Gasteiger partial charge < -0.3 is 20.1 Å². The van der Waals surface area contributed by atoms with Gasteiger partial charge in [-0.15, -0.1) is 0 Å². The van der Waals surface area contributed by atoms with Gasteiger partial charge in [0, 0.05) is 24.5 Å². The van der Waals surface area contributed by atoms with Gasteiger partial charge in [0.25, 0.3) is 0 Å². The van der Waals surface area contributed by atoms with E-state index in [0.717, 1.165) is 22.5 Å². The molecule has 2 rings (SSSR count). The van der Waals surface area contributed by atoms with Gasteiger partial charge in [-0.25, -0.2) is 0 Å². The highest BCUT2D eigenvalue weighted by molar-refractivity contribution is 5.79. The molecule has 0 aromatic carbocycles. The molecule has 194 valence electrons. The fourth-order valence-electron chi connectivity index (χ4n) is 4.59. The van der Waals surface area contributed by atoms with Gasteiger partial charge in [-0.05, 0) is 60.8 Å². The Morgan fingerprint density at radius 2 is 1.19 bits per heavy atom. The average Bonchev–Trinajstić information content (AvgIpc) is 2.76. The Hall–Kier alpha value is -3.52. The summed E-state index contributed by atoms with van der Waals surface area (Å²) in [7, 11) is 0. The molecule has 0 aliphatic heterocycles. The second kappa shape index (κ2) is 12.4. The maximum atomic E-state index is 12.3. The van der Waals surface area contributed by atoms with Crippen LogP contribution in [0.2, 0.25) is 0 Å². The number of hydrogen-bond donors (Lipinski definition) is 2. The molecule has 0 aromatic rings. The Balaban J connectivity index is 2.07. The third kappa shape index (κ3) is 8.02. The number of nitrogens with zero attached hydrogens (tertiary/aromatic N) is 2.